The average molecular weight is 375 g/mol. The third-order valence-electron chi connectivity index (χ3n) is 4.44. The predicted molar refractivity (Wildman–Crippen MR) is 106 cm³/mol. The van der Waals surface area contributed by atoms with Crippen molar-refractivity contribution in [3.8, 4) is 5.88 Å². The monoisotopic (exact) mass is 375 g/mol. The lowest BCUT2D eigenvalue weighted by atomic mass is 10.0. The van der Waals surface area contributed by atoms with Gasteiger partial charge in [0.1, 0.15) is 17.3 Å². The number of rotatable bonds is 5. The summed E-state index contributed by atoms with van der Waals surface area (Å²) >= 11 is 5.35. The molecule has 0 amide bonds. The molecule has 0 bridgehead atoms. The van der Waals surface area contributed by atoms with E-state index in [4.69, 9.17) is 21.4 Å². The molecule has 2 aromatic heterocycles. The summed E-state index contributed by atoms with van der Waals surface area (Å²) in [6.45, 7) is 5.62. The second-order valence-electron chi connectivity index (χ2n) is 6.45. The van der Waals surface area contributed by atoms with Crippen molar-refractivity contribution in [2.24, 2.45) is 0 Å². The molecule has 7 nitrogen and oxygen atoms in total. The van der Waals surface area contributed by atoms with Crippen molar-refractivity contribution in [2.45, 2.75) is 45.7 Å². The van der Waals surface area contributed by atoms with Crippen LogP contribution in [0.1, 0.15) is 37.7 Å². The van der Waals surface area contributed by atoms with Crippen LogP contribution in [0.5, 0.6) is 5.88 Å². The topological polar surface area (TPSA) is 75.5 Å². The second kappa shape index (κ2) is 8.35. The number of aryl methyl sites for hydroxylation is 1. The summed E-state index contributed by atoms with van der Waals surface area (Å²) in [6.07, 6.45) is 3.59. The number of nitrogens with zero attached hydrogens (tertiary/aromatic N) is 3. The maximum atomic E-state index is 5.52. The first kappa shape index (κ1) is 18.4. The van der Waals surface area contributed by atoms with Gasteiger partial charge in [-0.1, -0.05) is 0 Å². The van der Waals surface area contributed by atoms with Gasteiger partial charge in [-0.05, 0) is 57.5 Å². The van der Waals surface area contributed by atoms with Crippen LogP contribution < -0.4 is 20.3 Å². The van der Waals surface area contributed by atoms with Gasteiger partial charge in [0.15, 0.2) is 5.11 Å². The van der Waals surface area contributed by atoms with Gasteiger partial charge in [-0.25, -0.2) is 0 Å². The van der Waals surface area contributed by atoms with Crippen LogP contribution in [-0.4, -0.2) is 34.8 Å². The van der Waals surface area contributed by atoms with Crippen LogP contribution in [0.25, 0.3) is 0 Å². The van der Waals surface area contributed by atoms with Gasteiger partial charge in [-0.2, -0.15) is 9.97 Å². The van der Waals surface area contributed by atoms with Crippen molar-refractivity contribution in [3.63, 3.8) is 0 Å². The van der Waals surface area contributed by atoms with Crippen LogP contribution in [0.3, 0.4) is 0 Å². The molecule has 1 saturated heterocycles. The summed E-state index contributed by atoms with van der Waals surface area (Å²) in [5, 5.41) is 6.57. The Kier molecular flexibility index (Phi) is 5.92. The molecule has 0 aromatic carbocycles. The molecule has 0 radical (unpaired) electrons. The van der Waals surface area contributed by atoms with Crippen LogP contribution in [0.4, 0.5) is 11.8 Å². The van der Waals surface area contributed by atoms with Crippen molar-refractivity contribution in [2.75, 3.05) is 23.9 Å². The van der Waals surface area contributed by atoms with Crippen molar-refractivity contribution < 1.29 is 9.15 Å². The average Bonchev–Trinajstić information content (AvgIpc) is 3.05. The lowest BCUT2D eigenvalue weighted by Gasteiger charge is -2.34. The highest BCUT2D eigenvalue weighted by molar-refractivity contribution is 7.80. The highest BCUT2D eigenvalue weighted by Gasteiger charge is 2.21. The fourth-order valence-electron chi connectivity index (χ4n) is 3.05. The van der Waals surface area contributed by atoms with Gasteiger partial charge >= 0.3 is 0 Å². The first-order valence-electron chi connectivity index (χ1n) is 8.85. The van der Waals surface area contributed by atoms with Crippen LogP contribution in [0.2, 0.25) is 0 Å². The molecule has 3 heterocycles. The molecule has 1 aliphatic rings. The van der Waals surface area contributed by atoms with Crippen molar-refractivity contribution >= 4 is 29.1 Å². The standard InChI is InChI=1S/C18H25N5O2S/c1-12-6-4-5-9-23(12)15-10-16(24-3)21-17(20-15)22-18(26)19-11-14-8-7-13(2)25-14/h7-8,10,12H,4-6,9,11H2,1-3H3,(H2,19,20,21,22,26)/t12-/m0/s1. The molecule has 140 valence electrons. The third kappa shape index (κ3) is 4.63. The van der Waals surface area contributed by atoms with Gasteiger partial charge < -0.3 is 24.7 Å². The lowest BCUT2D eigenvalue weighted by Crippen LogP contribution is -2.38. The zero-order valence-electron chi connectivity index (χ0n) is 15.4. The Morgan fingerprint density at radius 1 is 1.38 bits per heavy atom. The number of ether oxygens (including phenoxy) is 1. The smallest absolute Gasteiger partial charge is 0.234 e. The van der Waals surface area contributed by atoms with E-state index in [9.17, 15) is 0 Å². The van der Waals surface area contributed by atoms with Gasteiger partial charge in [-0.15, -0.1) is 0 Å². The summed E-state index contributed by atoms with van der Waals surface area (Å²) in [5.41, 5.74) is 0. The molecule has 0 saturated carbocycles. The quantitative estimate of drug-likeness (QED) is 0.772. The van der Waals surface area contributed by atoms with Crippen molar-refractivity contribution in [1.29, 1.82) is 0 Å². The largest absolute Gasteiger partial charge is 0.481 e. The molecule has 1 aliphatic heterocycles. The molecule has 1 fully saturated rings. The zero-order chi connectivity index (χ0) is 18.5. The lowest BCUT2D eigenvalue weighted by molar-refractivity contribution is 0.396. The Bertz CT molecular complexity index is 764. The minimum Gasteiger partial charge on any atom is -0.481 e. The predicted octanol–water partition coefficient (Wildman–Crippen LogP) is 3.25. The first-order chi connectivity index (χ1) is 12.5. The van der Waals surface area contributed by atoms with E-state index in [-0.39, 0.29) is 0 Å². The Morgan fingerprint density at radius 3 is 2.92 bits per heavy atom. The second-order valence-corrected chi connectivity index (χ2v) is 6.86. The number of nitrogens with one attached hydrogen (secondary N) is 2. The Hall–Kier alpha value is -2.35. The number of hydrogen-bond acceptors (Lipinski definition) is 6. The van der Waals surface area contributed by atoms with E-state index in [2.05, 4.69) is 32.4 Å². The number of hydrogen-bond donors (Lipinski definition) is 2. The van der Waals surface area contributed by atoms with Crippen LogP contribution in [0, 0.1) is 6.92 Å². The molecule has 26 heavy (non-hydrogen) atoms. The van der Waals surface area contributed by atoms with Crippen molar-refractivity contribution in [1.82, 2.24) is 15.3 Å². The molecule has 3 rings (SSSR count). The zero-order valence-corrected chi connectivity index (χ0v) is 16.2. The molecule has 0 aliphatic carbocycles. The van der Waals surface area contributed by atoms with E-state index in [1.165, 1.54) is 12.8 Å². The van der Waals surface area contributed by atoms with E-state index in [1.807, 2.05) is 25.1 Å². The van der Waals surface area contributed by atoms with Gasteiger partial charge in [-0.3, -0.25) is 0 Å². The van der Waals surface area contributed by atoms with Crippen molar-refractivity contribution in [3.05, 3.63) is 29.7 Å². The summed E-state index contributed by atoms with van der Waals surface area (Å²) in [7, 11) is 1.60. The summed E-state index contributed by atoms with van der Waals surface area (Å²) < 4.78 is 10.9. The van der Waals surface area contributed by atoms with E-state index in [1.54, 1.807) is 7.11 Å². The van der Waals surface area contributed by atoms with E-state index < -0.39 is 0 Å². The first-order valence-corrected chi connectivity index (χ1v) is 9.26. The normalized spacial score (nSPS) is 17.0. The molecule has 2 aromatic rings. The van der Waals surface area contributed by atoms with Crippen LogP contribution in [-0.2, 0) is 6.54 Å². The highest BCUT2D eigenvalue weighted by atomic mass is 32.1. The van der Waals surface area contributed by atoms with E-state index in [0.29, 0.717) is 29.5 Å². The molecule has 8 heteroatoms. The van der Waals surface area contributed by atoms with Gasteiger partial charge in [0.25, 0.3) is 0 Å². The number of furan rings is 1. The maximum Gasteiger partial charge on any atom is 0.234 e. The Labute approximate surface area is 159 Å². The fraction of sp³-hybridized carbons (Fsp3) is 0.500. The molecule has 2 N–H and O–H groups in total. The minimum absolute atomic E-state index is 0.422. The van der Waals surface area contributed by atoms with Crippen LogP contribution >= 0.6 is 12.2 Å². The number of piperidine rings is 1. The number of aromatic nitrogens is 2. The van der Waals surface area contributed by atoms with Gasteiger partial charge in [0.05, 0.1) is 13.7 Å². The number of methoxy groups -OCH3 is 1. The van der Waals surface area contributed by atoms with E-state index in [0.717, 1.165) is 30.3 Å². The summed E-state index contributed by atoms with van der Waals surface area (Å²) in [4.78, 5) is 11.3. The maximum absolute atomic E-state index is 5.52. The SMILES string of the molecule is COc1cc(N2CCCC[C@@H]2C)nc(NC(=S)NCc2ccc(C)o2)n1. The Morgan fingerprint density at radius 2 is 2.23 bits per heavy atom. The van der Waals surface area contributed by atoms with Gasteiger partial charge in [0, 0.05) is 18.7 Å². The third-order valence-corrected chi connectivity index (χ3v) is 4.69. The molecular weight excluding hydrogens is 350 g/mol. The molecular formula is C18H25N5O2S. The molecule has 0 spiro atoms. The van der Waals surface area contributed by atoms with Crippen LogP contribution in [0.15, 0.2) is 22.6 Å². The summed E-state index contributed by atoms with van der Waals surface area (Å²) in [6, 6.07) is 6.16. The van der Waals surface area contributed by atoms with Gasteiger partial charge in [0.2, 0.25) is 11.8 Å². The molecule has 0 unspecified atom stereocenters. The highest BCUT2D eigenvalue weighted by Crippen LogP contribution is 2.26. The van der Waals surface area contributed by atoms with E-state index >= 15 is 0 Å². The molecule has 1 atom stereocenters. The Balaban J connectivity index is 1.68. The minimum atomic E-state index is 0.422. The number of thiocarbonyl (C=S) groups is 1. The summed E-state index contributed by atoms with van der Waals surface area (Å²) in [5.74, 6) is 3.49. The fourth-order valence-corrected chi connectivity index (χ4v) is 3.22. The number of anilines is 2.